The van der Waals surface area contributed by atoms with Crippen molar-refractivity contribution in [2.45, 2.75) is 32.2 Å². The molecule has 0 saturated carbocycles. The number of fused-ring (bicyclic) bond motifs is 1. The van der Waals surface area contributed by atoms with Crippen molar-refractivity contribution in [3.8, 4) is 0 Å². The van der Waals surface area contributed by atoms with Crippen LogP contribution in [0.4, 0.5) is 11.4 Å². The van der Waals surface area contributed by atoms with Crippen molar-refractivity contribution in [1.29, 1.82) is 0 Å². The van der Waals surface area contributed by atoms with Gasteiger partial charge in [-0.2, -0.15) is 0 Å². The number of nitrogens with zero attached hydrogens (tertiary/aromatic N) is 1. The van der Waals surface area contributed by atoms with Gasteiger partial charge in [0.05, 0.1) is 11.4 Å². The van der Waals surface area contributed by atoms with Crippen LogP contribution >= 0.6 is 0 Å². The molecule has 1 aliphatic rings. The predicted octanol–water partition coefficient (Wildman–Crippen LogP) is 2.47. The maximum absolute atomic E-state index is 8.79. The first kappa shape index (κ1) is 12.2. The second kappa shape index (κ2) is 5.92. The molecule has 3 heteroatoms. The Hall–Kier alpha value is -1.22. The van der Waals surface area contributed by atoms with Crippen molar-refractivity contribution >= 4 is 11.4 Å². The van der Waals surface area contributed by atoms with E-state index in [9.17, 15) is 0 Å². The third-order valence-electron chi connectivity index (χ3n) is 3.39. The third-order valence-corrected chi connectivity index (χ3v) is 3.39. The number of para-hydroxylation sites is 2. The summed E-state index contributed by atoms with van der Waals surface area (Å²) >= 11 is 0. The van der Waals surface area contributed by atoms with Crippen molar-refractivity contribution in [1.82, 2.24) is 0 Å². The first-order valence-corrected chi connectivity index (χ1v) is 6.53. The minimum atomic E-state index is 0.313. The summed E-state index contributed by atoms with van der Waals surface area (Å²) < 4.78 is 0. The van der Waals surface area contributed by atoms with Crippen LogP contribution in [0, 0.1) is 0 Å². The van der Waals surface area contributed by atoms with Gasteiger partial charge < -0.3 is 15.3 Å². The second-order valence-electron chi connectivity index (χ2n) is 4.72. The first-order chi connectivity index (χ1) is 8.33. The van der Waals surface area contributed by atoms with E-state index < -0.39 is 0 Å². The number of aliphatic hydroxyl groups excluding tert-OH is 1. The van der Waals surface area contributed by atoms with Crippen molar-refractivity contribution in [2.24, 2.45) is 0 Å². The van der Waals surface area contributed by atoms with Crippen LogP contribution in [-0.4, -0.2) is 30.8 Å². The molecule has 1 heterocycles. The summed E-state index contributed by atoms with van der Waals surface area (Å²) in [4.78, 5) is 2.48. The Labute approximate surface area is 103 Å². The molecule has 1 unspecified atom stereocenters. The van der Waals surface area contributed by atoms with E-state index in [1.165, 1.54) is 11.4 Å². The molecule has 2 N–H and O–H groups in total. The van der Waals surface area contributed by atoms with Crippen molar-refractivity contribution in [2.75, 3.05) is 29.9 Å². The lowest BCUT2D eigenvalue weighted by molar-refractivity contribution is 0.283. The SMILES string of the molecule is CC1CNc2ccccc2N1CCCCCO. The summed E-state index contributed by atoms with van der Waals surface area (Å²) in [5, 5.41) is 12.3. The molecule has 0 fully saturated rings. The van der Waals surface area contributed by atoms with E-state index in [0.29, 0.717) is 12.6 Å². The fraction of sp³-hybridized carbons (Fsp3) is 0.571. The van der Waals surface area contributed by atoms with E-state index in [0.717, 1.165) is 32.4 Å². The first-order valence-electron chi connectivity index (χ1n) is 6.53. The molecule has 94 valence electrons. The van der Waals surface area contributed by atoms with Gasteiger partial charge in [-0.15, -0.1) is 0 Å². The zero-order valence-corrected chi connectivity index (χ0v) is 10.5. The van der Waals surface area contributed by atoms with E-state index in [4.69, 9.17) is 5.11 Å². The van der Waals surface area contributed by atoms with Crippen molar-refractivity contribution < 1.29 is 5.11 Å². The van der Waals surface area contributed by atoms with Gasteiger partial charge in [-0.25, -0.2) is 0 Å². The molecule has 0 saturated heterocycles. The van der Waals surface area contributed by atoms with Crippen molar-refractivity contribution in [3.05, 3.63) is 24.3 Å². The highest BCUT2D eigenvalue weighted by molar-refractivity contribution is 5.72. The van der Waals surface area contributed by atoms with Crippen LogP contribution in [0.1, 0.15) is 26.2 Å². The zero-order valence-electron chi connectivity index (χ0n) is 10.5. The van der Waals surface area contributed by atoms with Crippen LogP contribution < -0.4 is 10.2 Å². The summed E-state index contributed by atoms with van der Waals surface area (Å²) in [5.41, 5.74) is 2.56. The molecule has 17 heavy (non-hydrogen) atoms. The van der Waals surface area contributed by atoms with E-state index in [1.54, 1.807) is 0 Å². The Kier molecular flexibility index (Phi) is 4.26. The molecule has 1 aromatic rings. The largest absolute Gasteiger partial charge is 0.396 e. The lowest BCUT2D eigenvalue weighted by Gasteiger charge is -2.37. The Balaban J connectivity index is 2.00. The minimum Gasteiger partial charge on any atom is -0.396 e. The molecule has 0 bridgehead atoms. The predicted molar refractivity (Wildman–Crippen MR) is 72.7 cm³/mol. The average Bonchev–Trinajstić information content (AvgIpc) is 2.37. The molecule has 1 aromatic carbocycles. The van der Waals surface area contributed by atoms with Gasteiger partial charge in [0.2, 0.25) is 0 Å². The van der Waals surface area contributed by atoms with Gasteiger partial charge in [0.25, 0.3) is 0 Å². The monoisotopic (exact) mass is 234 g/mol. The van der Waals surface area contributed by atoms with Gasteiger partial charge in [-0.1, -0.05) is 12.1 Å². The Bertz CT molecular complexity index is 354. The van der Waals surface area contributed by atoms with E-state index in [2.05, 4.69) is 41.4 Å². The highest BCUT2D eigenvalue weighted by atomic mass is 16.2. The van der Waals surface area contributed by atoms with Crippen LogP contribution in [-0.2, 0) is 0 Å². The molecule has 1 atom stereocenters. The van der Waals surface area contributed by atoms with Crippen molar-refractivity contribution in [3.63, 3.8) is 0 Å². The number of hydrogen-bond acceptors (Lipinski definition) is 3. The Morgan fingerprint density at radius 3 is 2.94 bits per heavy atom. The molecule has 0 aliphatic carbocycles. The number of hydrogen-bond donors (Lipinski definition) is 2. The standard InChI is InChI=1S/C14H22N2O/c1-12-11-15-13-7-3-4-8-14(13)16(12)9-5-2-6-10-17/h3-4,7-8,12,15,17H,2,5-6,9-11H2,1H3. The van der Waals surface area contributed by atoms with Crippen LogP contribution in [0.15, 0.2) is 24.3 Å². The highest BCUT2D eigenvalue weighted by Crippen LogP contribution is 2.31. The number of benzene rings is 1. The molecule has 0 aromatic heterocycles. The molecular weight excluding hydrogens is 212 g/mol. The molecule has 1 aliphatic heterocycles. The summed E-state index contributed by atoms with van der Waals surface area (Å²) in [7, 11) is 0. The molecule has 0 radical (unpaired) electrons. The maximum atomic E-state index is 8.79. The maximum Gasteiger partial charge on any atom is 0.0605 e. The fourth-order valence-corrected chi connectivity index (χ4v) is 2.39. The summed E-state index contributed by atoms with van der Waals surface area (Å²) in [6.07, 6.45) is 3.18. The van der Waals surface area contributed by atoms with Gasteiger partial charge in [0, 0.05) is 25.7 Å². The summed E-state index contributed by atoms with van der Waals surface area (Å²) in [6, 6.07) is 9.04. The molecule has 0 amide bonds. The number of rotatable bonds is 5. The minimum absolute atomic E-state index is 0.313. The lowest BCUT2D eigenvalue weighted by Crippen LogP contribution is -2.42. The van der Waals surface area contributed by atoms with Crippen LogP contribution in [0.3, 0.4) is 0 Å². The zero-order chi connectivity index (χ0) is 12.1. The van der Waals surface area contributed by atoms with E-state index in [1.807, 2.05) is 0 Å². The van der Waals surface area contributed by atoms with E-state index in [-0.39, 0.29) is 0 Å². The second-order valence-corrected chi connectivity index (χ2v) is 4.72. The molecule has 3 nitrogen and oxygen atoms in total. The molecule has 0 spiro atoms. The average molecular weight is 234 g/mol. The van der Waals surface area contributed by atoms with Gasteiger partial charge >= 0.3 is 0 Å². The quantitative estimate of drug-likeness (QED) is 0.768. The third kappa shape index (κ3) is 2.91. The number of anilines is 2. The summed E-state index contributed by atoms with van der Waals surface area (Å²) in [6.45, 7) is 4.67. The van der Waals surface area contributed by atoms with Crippen LogP contribution in [0.5, 0.6) is 0 Å². The smallest absolute Gasteiger partial charge is 0.0605 e. The number of nitrogens with one attached hydrogen (secondary N) is 1. The topological polar surface area (TPSA) is 35.5 Å². The summed E-state index contributed by atoms with van der Waals surface area (Å²) in [5.74, 6) is 0. The van der Waals surface area contributed by atoms with Gasteiger partial charge in [-0.3, -0.25) is 0 Å². The molecule has 2 rings (SSSR count). The van der Waals surface area contributed by atoms with E-state index >= 15 is 0 Å². The number of aliphatic hydroxyl groups is 1. The molecular formula is C14H22N2O. The Morgan fingerprint density at radius 2 is 2.12 bits per heavy atom. The highest BCUT2D eigenvalue weighted by Gasteiger charge is 2.21. The van der Waals surface area contributed by atoms with Gasteiger partial charge in [-0.05, 0) is 38.3 Å². The number of unbranched alkanes of at least 4 members (excludes halogenated alkanes) is 2. The lowest BCUT2D eigenvalue weighted by atomic mass is 10.1. The Morgan fingerprint density at radius 1 is 1.29 bits per heavy atom. The van der Waals surface area contributed by atoms with Gasteiger partial charge in [0.15, 0.2) is 0 Å². The van der Waals surface area contributed by atoms with Gasteiger partial charge in [0.1, 0.15) is 0 Å². The van der Waals surface area contributed by atoms with Crippen LogP contribution in [0.25, 0.3) is 0 Å². The van der Waals surface area contributed by atoms with Crippen LogP contribution in [0.2, 0.25) is 0 Å². The normalized spacial score (nSPS) is 18.7. The fourth-order valence-electron chi connectivity index (χ4n) is 2.39.